The van der Waals surface area contributed by atoms with E-state index < -0.39 is 6.10 Å². The first-order valence-corrected chi connectivity index (χ1v) is 34.1. The minimum atomic E-state index is -0.783. The second kappa shape index (κ2) is 67.1. The first kappa shape index (κ1) is 75.6. The number of carbonyl (C=O) groups excluding carboxylic acids is 3. The highest BCUT2D eigenvalue weighted by atomic mass is 16.6. The van der Waals surface area contributed by atoms with Gasteiger partial charge in [0.2, 0.25) is 0 Å². The lowest BCUT2D eigenvalue weighted by atomic mass is 10.0. The van der Waals surface area contributed by atoms with Gasteiger partial charge in [0.15, 0.2) is 6.10 Å². The molecule has 0 fully saturated rings. The van der Waals surface area contributed by atoms with E-state index in [4.69, 9.17) is 14.2 Å². The van der Waals surface area contributed by atoms with Crippen molar-refractivity contribution in [2.75, 3.05) is 13.2 Å². The first-order valence-electron chi connectivity index (χ1n) is 34.1. The van der Waals surface area contributed by atoms with Gasteiger partial charge in [0, 0.05) is 19.3 Å². The molecule has 456 valence electrons. The summed E-state index contributed by atoms with van der Waals surface area (Å²) in [6, 6.07) is 0. The highest BCUT2D eigenvalue weighted by Crippen LogP contribution is 2.17. The number of hydrogen-bond acceptors (Lipinski definition) is 6. The van der Waals surface area contributed by atoms with E-state index in [1.807, 2.05) is 0 Å². The fourth-order valence-corrected chi connectivity index (χ4v) is 9.76. The average molecular weight is 1100 g/mol. The molecule has 1 atom stereocenters. The lowest BCUT2D eigenvalue weighted by Gasteiger charge is -2.18. The Morgan fingerprint density at radius 1 is 0.266 bits per heavy atom. The van der Waals surface area contributed by atoms with Crippen LogP contribution in [0.5, 0.6) is 0 Å². The summed E-state index contributed by atoms with van der Waals surface area (Å²) in [5.74, 6) is -0.877. The zero-order chi connectivity index (χ0) is 57.1. The Kier molecular flexibility index (Phi) is 64.2. The molecule has 0 aromatic carbocycles. The zero-order valence-electron chi connectivity index (χ0n) is 52.4. The van der Waals surface area contributed by atoms with Crippen LogP contribution in [0.3, 0.4) is 0 Å². The lowest BCUT2D eigenvalue weighted by Crippen LogP contribution is -2.30. The number of hydrogen-bond donors (Lipinski definition) is 0. The molecule has 6 nitrogen and oxygen atoms in total. The molecule has 6 heteroatoms. The molecule has 1 unspecified atom stereocenters. The van der Waals surface area contributed by atoms with Crippen LogP contribution in [0.15, 0.2) is 85.1 Å². The minimum absolute atomic E-state index is 0.0787. The fourth-order valence-electron chi connectivity index (χ4n) is 9.76. The van der Waals surface area contributed by atoms with Crippen molar-refractivity contribution in [3.05, 3.63) is 85.1 Å². The number of rotatable bonds is 62. The molecule has 0 amide bonds. The van der Waals surface area contributed by atoms with E-state index in [-0.39, 0.29) is 31.1 Å². The van der Waals surface area contributed by atoms with Crippen molar-refractivity contribution < 1.29 is 28.6 Å². The Bertz CT molecular complexity index is 1500. The van der Waals surface area contributed by atoms with Crippen LogP contribution in [0, 0.1) is 0 Å². The van der Waals surface area contributed by atoms with Crippen LogP contribution < -0.4 is 0 Å². The molecule has 0 aromatic rings. The van der Waals surface area contributed by atoms with Crippen LogP contribution in [0.2, 0.25) is 0 Å². The standard InChI is InChI=1S/C73H128O6/c1-4-7-10-13-16-19-22-25-27-29-31-33-34-35-36-37-38-40-41-43-45-48-51-54-57-60-63-66-72(75)78-69-70(68-77-71(74)65-62-59-56-53-50-47-24-21-18-15-12-9-6-3)79-73(76)67-64-61-58-55-52-49-46-44-42-39-32-30-28-26-23-20-17-14-11-8-5-2/h7,10,16,19,21,23-27,30-33,70H,4-6,8-9,11-15,17-18,20,22,28-29,34-69H2,1-3H3/b10-7-,19-16-,24-21-,26-23-,27-25-,32-30-,33-31-. The quantitative estimate of drug-likeness (QED) is 0.0261. The van der Waals surface area contributed by atoms with Gasteiger partial charge in [-0.1, -0.05) is 292 Å². The van der Waals surface area contributed by atoms with Crippen LogP contribution in [0.25, 0.3) is 0 Å². The Labute approximate surface area is 490 Å². The van der Waals surface area contributed by atoms with Crippen molar-refractivity contribution in [3.8, 4) is 0 Å². The Balaban J connectivity index is 4.28. The van der Waals surface area contributed by atoms with Crippen LogP contribution in [0.4, 0.5) is 0 Å². The van der Waals surface area contributed by atoms with Crippen LogP contribution in [0.1, 0.15) is 342 Å². The van der Waals surface area contributed by atoms with Crippen LogP contribution >= 0.6 is 0 Å². The topological polar surface area (TPSA) is 78.9 Å². The first-order chi connectivity index (χ1) is 39.0. The molecule has 0 saturated heterocycles. The maximum atomic E-state index is 12.9. The number of esters is 3. The van der Waals surface area contributed by atoms with Crippen molar-refractivity contribution in [3.63, 3.8) is 0 Å². The fraction of sp³-hybridized carbons (Fsp3) is 0.767. The average Bonchev–Trinajstić information content (AvgIpc) is 3.45. The highest BCUT2D eigenvalue weighted by Gasteiger charge is 2.19. The number of unbranched alkanes of at least 4 members (excludes halogenated alkanes) is 37. The normalized spacial score (nSPS) is 12.6. The SMILES string of the molecule is CC/C=C\C/C=C\C/C=C\C/C=C\CCCCCCCCCCCCCCCCC(=O)OCC(COC(=O)CCCCCCC/C=C\CCCCCC)OC(=O)CCCCCCCCCCC/C=C\C/C=C\CCCCCCC. The highest BCUT2D eigenvalue weighted by molar-refractivity contribution is 5.71. The van der Waals surface area contributed by atoms with Gasteiger partial charge in [0.1, 0.15) is 13.2 Å². The van der Waals surface area contributed by atoms with Gasteiger partial charge in [-0.05, 0) is 116 Å². The van der Waals surface area contributed by atoms with Crippen LogP contribution in [-0.2, 0) is 28.6 Å². The monoisotopic (exact) mass is 1100 g/mol. The molecule has 0 saturated carbocycles. The smallest absolute Gasteiger partial charge is 0.306 e. The van der Waals surface area contributed by atoms with Gasteiger partial charge >= 0.3 is 17.9 Å². The molecule has 0 aliphatic rings. The maximum Gasteiger partial charge on any atom is 0.306 e. The number of carbonyl (C=O) groups is 3. The van der Waals surface area contributed by atoms with Gasteiger partial charge in [0.05, 0.1) is 0 Å². The van der Waals surface area contributed by atoms with Gasteiger partial charge in [-0.3, -0.25) is 14.4 Å². The molecule has 0 aliphatic heterocycles. The predicted molar refractivity (Wildman–Crippen MR) is 344 cm³/mol. The molecule has 0 aliphatic carbocycles. The summed E-state index contributed by atoms with van der Waals surface area (Å²) < 4.78 is 17.0. The molecular formula is C73H128O6. The van der Waals surface area contributed by atoms with Crippen LogP contribution in [-0.4, -0.2) is 37.2 Å². The van der Waals surface area contributed by atoms with Crippen molar-refractivity contribution in [1.29, 1.82) is 0 Å². The third-order valence-electron chi connectivity index (χ3n) is 14.9. The summed E-state index contributed by atoms with van der Waals surface area (Å²) in [7, 11) is 0. The maximum absolute atomic E-state index is 12.9. The van der Waals surface area contributed by atoms with Gasteiger partial charge in [-0.15, -0.1) is 0 Å². The number of ether oxygens (including phenoxy) is 3. The van der Waals surface area contributed by atoms with E-state index in [0.29, 0.717) is 19.3 Å². The van der Waals surface area contributed by atoms with Crippen molar-refractivity contribution in [1.82, 2.24) is 0 Å². The minimum Gasteiger partial charge on any atom is -0.462 e. The van der Waals surface area contributed by atoms with Gasteiger partial charge in [-0.2, -0.15) is 0 Å². The van der Waals surface area contributed by atoms with Crippen molar-refractivity contribution >= 4 is 17.9 Å². The molecule has 79 heavy (non-hydrogen) atoms. The molecule has 0 heterocycles. The Hall–Kier alpha value is -3.41. The molecule has 0 aromatic heterocycles. The van der Waals surface area contributed by atoms with E-state index >= 15 is 0 Å². The summed E-state index contributed by atoms with van der Waals surface area (Å²) in [5, 5.41) is 0. The second-order valence-electron chi connectivity index (χ2n) is 22.7. The Morgan fingerprint density at radius 3 is 0.797 bits per heavy atom. The molecule has 0 rings (SSSR count). The van der Waals surface area contributed by atoms with E-state index in [2.05, 4.69) is 106 Å². The molecular weight excluding hydrogens is 973 g/mol. The predicted octanol–water partition coefficient (Wildman–Crippen LogP) is 23.4. The largest absolute Gasteiger partial charge is 0.462 e. The third kappa shape index (κ3) is 65.3. The lowest BCUT2D eigenvalue weighted by molar-refractivity contribution is -0.167. The Morgan fingerprint density at radius 2 is 0.494 bits per heavy atom. The zero-order valence-corrected chi connectivity index (χ0v) is 52.4. The third-order valence-corrected chi connectivity index (χ3v) is 14.9. The van der Waals surface area contributed by atoms with E-state index in [9.17, 15) is 14.4 Å². The summed E-state index contributed by atoms with van der Waals surface area (Å²) in [6.45, 7) is 6.53. The molecule has 0 spiro atoms. The van der Waals surface area contributed by atoms with E-state index in [0.717, 1.165) is 96.3 Å². The number of allylic oxidation sites excluding steroid dienone is 14. The summed E-state index contributed by atoms with van der Waals surface area (Å²) in [4.78, 5) is 38.4. The summed E-state index contributed by atoms with van der Waals surface area (Å²) in [6.07, 6.45) is 88.8. The van der Waals surface area contributed by atoms with E-state index in [1.54, 1.807) is 0 Å². The van der Waals surface area contributed by atoms with E-state index in [1.165, 1.54) is 205 Å². The summed E-state index contributed by atoms with van der Waals surface area (Å²) in [5.41, 5.74) is 0. The van der Waals surface area contributed by atoms with Gasteiger partial charge in [-0.25, -0.2) is 0 Å². The van der Waals surface area contributed by atoms with Gasteiger partial charge < -0.3 is 14.2 Å². The van der Waals surface area contributed by atoms with Gasteiger partial charge in [0.25, 0.3) is 0 Å². The second-order valence-corrected chi connectivity index (χ2v) is 22.7. The molecule has 0 radical (unpaired) electrons. The van der Waals surface area contributed by atoms with Crippen molar-refractivity contribution in [2.24, 2.45) is 0 Å². The molecule has 0 bridgehead atoms. The summed E-state index contributed by atoms with van der Waals surface area (Å²) >= 11 is 0. The van der Waals surface area contributed by atoms with Crippen molar-refractivity contribution in [2.45, 2.75) is 348 Å². The molecule has 0 N–H and O–H groups in total.